The summed E-state index contributed by atoms with van der Waals surface area (Å²) in [6.07, 6.45) is 0. The van der Waals surface area contributed by atoms with E-state index in [1.807, 2.05) is 0 Å². The van der Waals surface area contributed by atoms with E-state index < -0.39 is 10.0 Å². The average molecular weight is 495 g/mol. The van der Waals surface area contributed by atoms with Crippen molar-refractivity contribution >= 4 is 45.0 Å². The Bertz CT molecular complexity index is 1190. The van der Waals surface area contributed by atoms with E-state index in [0.29, 0.717) is 40.3 Å². The molecule has 1 amide bonds. The molecule has 32 heavy (non-hydrogen) atoms. The van der Waals surface area contributed by atoms with Gasteiger partial charge in [0.1, 0.15) is 0 Å². The molecular formula is C20H23ClN6O3S2. The summed E-state index contributed by atoms with van der Waals surface area (Å²) in [6, 6.07) is 13.2. The summed E-state index contributed by atoms with van der Waals surface area (Å²) in [6.45, 7) is 4.31. The first kappa shape index (κ1) is 24.1. The minimum Gasteiger partial charge on any atom is -0.335 e. The predicted octanol–water partition coefficient (Wildman–Crippen LogP) is 3.07. The van der Waals surface area contributed by atoms with Crippen LogP contribution in [0.5, 0.6) is 0 Å². The lowest BCUT2D eigenvalue weighted by atomic mass is 10.2. The van der Waals surface area contributed by atoms with Crippen LogP contribution in [0.15, 0.2) is 58.6 Å². The van der Waals surface area contributed by atoms with E-state index in [9.17, 15) is 13.2 Å². The average Bonchev–Trinajstić information content (AvgIpc) is 3.15. The number of nitrogen functional groups attached to an aromatic ring is 1. The van der Waals surface area contributed by atoms with Gasteiger partial charge in [-0.25, -0.2) is 13.1 Å². The number of nitrogens with one attached hydrogen (secondary N) is 1. The van der Waals surface area contributed by atoms with Gasteiger partial charge in [-0.05, 0) is 36.4 Å². The molecule has 170 valence electrons. The van der Waals surface area contributed by atoms with Crippen LogP contribution in [-0.4, -0.2) is 52.3 Å². The molecule has 2 aromatic carbocycles. The fourth-order valence-electron chi connectivity index (χ4n) is 2.94. The summed E-state index contributed by atoms with van der Waals surface area (Å²) in [4.78, 5) is 12.4. The number of nitrogens with zero attached hydrogens (tertiary/aromatic N) is 4. The first-order valence-corrected chi connectivity index (χ1v) is 12.6. The zero-order valence-corrected chi connectivity index (χ0v) is 19.9. The molecule has 0 aliphatic carbocycles. The number of halogens is 1. The Morgan fingerprint density at radius 2 is 1.84 bits per heavy atom. The molecule has 0 bridgehead atoms. The van der Waals surface area contributed by atoms with Gasteiger partial charge in [-0.2, -0.15) is 4.31 Å². The fraction of sp³-hybridized carbons (Fsp3) is 0.250. The SMILES string of the molecule is CCN(CC)S(=O)(=O)c1cccc(-c2nnc(SCC(=O)Nc3ccc(Cl)cc3)n2N)c1. The Balaban J connectivity index is 1.73. The van der Waals surface area contributed by atoms with E-state index in [4.69, 9.17) is 17.4 Å². The van der Waals surface area contributed by atoms with Crippen LogP contribution in [0.1, 0.15) is 13.8 Å². The van der Waals surface area contributed by atoms with Gasteiger partial charge in [-0.15, -0.1) is 10.2 Å². The number of thioether (sulfide) groups is 1. The van der Waals surface area contributed by atoms with Crippen molar-refractivity contribution < 1.29 is 13.2 Å². The number of anilines is 1. The number of nitrogens with two attached hydrogens (primary N) is 1. The molecule has 3 N–H and O–H groups in total. The van der Waals surface area contributed by atoms with Gasteiger partial charge in [0.15, 0.2) is 5.82 Å². The van der Waals surface area contributed by atoms with Crippen LogP contribution >= 0.6 is 23.4 Å². The maximum absolute atomic E-state index is 12.8. The highest BCUT2D eigenvalue weighted by molar-refractivity contribution is 7.99. The quantitative estimate of drug-likeness (QED) is 0.346. The molecular weight excluding hydrogens is 472 g/mol. The first-order chi connectivity index (χ1) is 15.3. The molecule has 3 rings (SSSR count). The molecule has 0 atom stereocenters. The third-order valence-corrected chi connectivity index (χ3v) is 7.80. The molecule has 0 saturated heterocycles. The molecule has 0 unspecified atom stereocenters. The van der Waals surface area contributed by atoms with Crippen LogP contribution in [0.3, 0.4) is 0 Å². The minimum absolute atomic E-state index is 0.0638. The monoisotopic (exact) mass is 494 g/mol. The van der Waals surface area contributed by atoms with Crippen molar-refractivity contribution in [3.05, 3.63) is 53.6 Å². The van der Waals surface area contributed by atoms with E-state index in [-0.39, 0.29) is 16.6 Å². The second-order valence-electron chi connectivity index (χ2n) is 6.64. The van der Waals surface area contributed by atoms with Crippen molar-refractivity contribution in [3.63, 3.8) is 0 Å². The summed E-state index contributed by atoms with van der Waals surface area (Å²) in [5, 5.41) is 11.8. The van der Waals surface area contributed by atoms with Gasteiger partial charge >= 0.3 is 0 Å². The van der Waals surface area contributed by atoms with Crippen LogP contribution in [0.4, 0.5) is 5.69 Å². The maximum atomic E-state index is 12.8. The number of sulfonamides is 1. The van der Waals surface area contributed by atoms with Crippen molar-refractivity contribution in [3.8, 4) is 11.4 Å². The van der Waals surface area contributed by atoms with Gasteiger partial charge in [-0.1, -0.05) is 49.3 Å². The predicted molar refractivity (Wildman–Crippen MR) is 127 cm³/mol. The number of rotatable bonds is 9. The van der Waals surface area contributed by atoms with Gasteiger partial charge in [-0.3, -0.25) is 4.79 Å². The summed E-state index contributed by atoms with van der Waals surface area (Å²) in [5.41, 5.74) is 1.13. The highest BCUT2D eigenvalue weighted by atomic mass is 35.5. The van der Waals surface area contributed by atoms with Gasteiger partial charge in [0, 0.05) is 29.4 Å². The lowest BCUT2D eigenvalue weighted by Crippen LogP contribution is -2.30. The standard InChI is InChI=1S/C20H23ClN6O3S2/c1-3-26(4-2)32(29,30)17-7-5-6-14(12-17)19-24-25-20(27(19)22)31-13-18(28)23-16-10-8-15(21)9-11-16/h5-12H,3-4,13,22H2,1-2H3,(H,23,28). The summed E-state index contributed by atoms with van der Waals surface area (Å²) < 4.78 is 28.2. The lowest BCUT2D eigenvalue weighted by Gasteiger charge is -2.18. The van der Waals surface area contributed by atoms with Crippen molar-refractivity contribution in [1.82, 2.24) is 19.2 Å². The number of aromatic nitrogens is 3. The molecule has 0 fully saturated rings. The summed E-state index contributed by atoms with van der Waals surface area (Å²) >= 11 is 6.95. The van der Waals surface area contributed by atoms with Crippen LogP contribution in [0.25, 0.3) is 11.4 Å². The fourth-order valence-corrected chi connectivity index (χ4v) is 5.23. The molecule has 0 saturated carbocycles. The van der Waals surface area contributed by atoms with Crippen molar-refractivity contribution in [1.29, 1.82) is 0 Å². The van der Waals surface area contributed by atoms with Gasteiger partial charge in [0.25, 0.3) is 0 Å². The summed E-state index contributed by atoms with van der Waals surface area (Å²) in [5.74, 6) is 6.24. The van der Waals surface area contributed by atoms with E-state index in [0.717, 1.165) is 11.8 Å². The number of hydrogen-bond donors (Lipinski definition) is 2. The number of carbonyl (C=O) groups is 1. The third kappa shape index (κ3) is 5.41. The number of benzene rings is 2. The highest BCUT2D eigenvalue weighted by Crippen LogP contribution is 2.25. The second-order valence-corrected chi connectivity index (χ2v) is 9.95. The largest absolute Gasteiger partial charge is 0.335 e. The summed E-state index contributed by atoms with van der Waals surface area (Å²) in [7, 11) is -3.62. The third-order valence-electron chi connectivity index (χ3n) is 4.56. The Morgan fingerprint density at radius 3 is 2.50 bits per heavy atom. The molecule has 9 nitrogen and oxygen atoms in total. The Morgan fingerprint density at radius 1 is 1.16 bits per heavy atom. The maximum Gasteiger partial charge on any atom is 0.243 e. The molecule has 0 aliphatic heterocycles. The number of carbonyl (C=O) groups excluding carboxylic acids is 1. The first-order valence-electron chi connectivity index (χ1n) is 9.75. The Kier molecular flexibility index (Phi) is 7.77. The van der Waals surface area contributed by atoms with Crippen LogP contribution in [-0.2, 0) is 14.8 Å². The van der Waals surface area contributed by atoms with Crippen molar-refractivity contribution in [2.45, 2.75) is 23.9 Å². The van der Waals surface area contributed by atoms with Crippen molar-refractivity contribution in [2.75, 3.05) is 30.0 Å². The van der Waals surface area contributed by atoms with E-state index in [2.05, 4.69) is 15.5 Å². The molecule has 3 aromatic rings. The molecule has 0 aliphatic rings. The van der Waals surface area contributed by atoms with E-state index >= 15 is 0 Å². The molecule has 1 aromatic heterocycles. The number of hydrogen-bond acceptors (Lipinski definition) is 7. The minimum atomic E-state index is -3.62. The highest BCUT2D eigenvalue weighted by Gasteiger charge is 2.23. The molecule has 12 heteroatoms. The molecule has 1 heterocycles. The van der Waals surface area contributed by atoms with Crippen LogP contribution < -0.4 is 11.2 Å². The zero-order valence-electron chi connectivity index (χ0n) is 17.5. The zero-order chi connectivity index (χ0) is 23.3. The van der Waals surface area contributed by atoms with Gasteiger partial charge < -0.3 is 11.2 Å². The Labute approximate surface area is 196 Å². The second kappa shape index (κ2) is 10.3. The Hall–Kier alpha value is -2.60. The smallest absolute Gasteiger partial charge is 0.243 e. The topological polar surface area (TPSA) is 123 Å². The normalized spacial score (nSPS) is 11.6. The lowest BCUT2D eigenvalue weighted by molar-refractivity contribution is -0.113. The van der Waals surface area contributed by atoms with Crippen molar-refractivity contribution in [2.24, 2.45) is 0 Å². The van der Waals surface area contributed by atoms with Gasteiger partial charge in [0.2, 0.25) is 21.1 Å². The van der Waals surface area contributed by atoms with E-state index in [1.54, 1.807) is 50.2 Å². The van der Waals surface area contributed by atoms with E-state index in [1.165, 1.54) is 21.1 Å². The molecule has 0 spiro atoms. The van der Waals surface area contributed by atoms with Gasteiger partial charge in [0.05, 0.1) is 10.6 Å². The number of amides is 1. The van der Waals surface area contributed by atoms with Crippen LogP contribution in [0.2, 0.25) is 5.02 Å². The molecule has 0 radical (unpaired) electrons. The van der Waals surface area contributed by atoms with Crippen LogP contribution in [0, 0.1) is 0 Å².